The lowest BCUT2D eigenvalue weighted by atomic mass is 9.81. The molecule has 2 heterocycles. The number of hydrogen-bond acceptors (Lipinski definition) is 4. The van der Waals surface area contributed by atoms with E-state index in [2.05, 4.69) is 0 Å². The molecular weight excluding hydrogens is 342 g/mol. The maximum absolute atomic E-state index is 12.2. The second-order valence-electron chi connectivity index (χ2n) is 8.16. The van der Waals surface area contributed by atoms with Crippen molar-refractivity contribution >= 4 is 17.7 Å². The van der Waals surface area contributed by atoms with E-state index in [4.69, 9.17) is 21.1 Å². The van der Waals surface area contributed by atoms with E-state index in [0.717, 1.165) is 5.56 Å². The third-order valence-corrected chi connectivity index (χ3v) is 5.16. The summed E-state index contributed by atoms with van der Waals surface area (Å²) < 4.78 is 11.5. The summed E-state index contributed by atoms with van der Waals surface area (Å²) in [4.78, 5) is 13.9. The summed E-state index contributed by atoms with van der Waals surface area (Å²) in [5.74, 6) is 0. The van der Waals surface area contributed by atoms with Crippen molar-refractivity contribution in [3.05, 3.63) is 34.9 Å². The van der Waals surface area contributed by atoms with Gasteiger partial charge in [-0.15, -0.1) is 0 Å². The molecule has 0 aromatic heterocycles. The largest absolute Gasteiger partial charge is 0.444 e. The lowest BCUT2D eigenvalue weighted by Crippen LogP contribution is -2.48. The first-order chi connectivity index (χ1) is 11.6. The molecular formula is C19H26ClNO4. The van der Waals surface area contributed by atoms with E-state index < -0.39 is 16.8 Å². The molecule has 6 heteroatoms. The Morgan fingerprint density at radius 3 is 2.60 bits per heavy atom. The van der Waals surface area contributed by atoms with Gasteiger partial charge in [-0.05, 0) is 51.3 Å². The SMILES string of the molecule is CC(C)(C)OC(=O)N1CCC2(CC1)CC(O)(c1cccc(Cl)c1)CO2. The fraction of sp³-hybridized carbons (Fsp3) is 0.632. The molecule has 0 saturated carbocycles. The monoisotopic (exact) mass is 367 g/mol. The number of carbonyl (C=O) groups is 1. The number of likely N-dealkylation sites (tertiary alicyclic amines) is 1. The van der Waals surface area contributed by atoms with E-state index >= 15 is 0 Å². The number of amides is 1. The Hall–Kier alpha value is -1.30. The van der Waals surface area contributed by atoms with Gasteiger partial charge in [-0.2, -0.15) is 0 Å². The quantitative estimate of drug-likeness (QED) is 0.821. The van der Waals surface area contributed by atoms with Crippen LogP contribution in [0.5, 0.6) is 0 Å². The maximum atomic E-state index is 12.2. The highest BCUT2D eigenvalue weighted by atomic mass is 35.5. The molecule has 0 bridgehead atoms. The van der Waals surface area contributed by atoms with Gasteiger partial charge in [0, 0.05) is 24.5 Å². The van der Waals surface area contributed by atoms with Crippen LogP contribution >= 0.6 is 11.6 Å². The Morgan fingerprint density at radius 2 is 2.00 bits per heavy atom. The molecule has 2 saturated heterocycles. The third-order valence-electron chi connectivity index (χ3n) is 4.92. The zero-order valence-electron chi connectivity index (χ0n) is 15.0. The number of aliphatic hydroxyl groups is 1. The fourth-order valence-electron chi connectivity index (χ4n) is 3.62. The number of nitrogens with zero attached hydrogens (tertiary/aromatic N) is 1. The van der Waals surface area contributed by atoms with Gasteiger partial charge in [0.15, 0.2) is 0 Å². The van der Waals surface area contributed by atoms with Crippen LogP contribution in [0.1, 0.15) is 45.6 Å². The van der Waals surface area contributed by atoms with Crippen molar-refractivity contribution in [3.63, 3.8) is 0 Å². The van der Waals surface area contributed by atoms with Gasteiger partial charge >= 0.3 is 6.09 Å². The van der Waals surface area contributed by atoms with Crippen LogP contribution in [-0.4, -0.2) is 47.0 Å². The summed E-state index contributed by atoms with van der Waals surface area (Å²) in [6.45, 7) is 6.98. The minimum absolute atomic E-state index is 0.250. The normalized spacial score (nSPS) is 26.0. The van der Waals surface area contributed by atoms with E-state index in [1.54, 1.807) is 17.0 Å². The molecule has 0 aliphatic carbocycles. The second-order valence-corrected chi connectivity index (χ2v) is 8.59. The smallest absolute Gasteiger partial charge is 0.410 e. The summed E-state index contributed by atoms with van der Waals surface area (Å²) in [5, 5.41) is 11.6. The van der Waals surface area contributed by atoms with Crippen molar-refractivity contribution in [3.8, 4) is 0 Å². The zero-order chi connectivity index (χ0) is 18.3. The molecule has 2 fully saturated rings. The molecule has 1 aromatic rings. The lowest BCUT2D eigenvalue weighted by molar-refractivity contribution is -0.0513. The molecule has 1 amide bonds. The summed E-state index contributed by atoms with van der Waals surface area (Å²) in [6.07, 6.45) is 1.61. The predicted molar refractivity (Wildman–Crippen MR) is 95.7 cm³/mol. The van der Waals surface area contributed by atoms with E-state index in [1.165, 1.54) is 0 Å². The van der Waals surface area contributed by atoms with Crippen LogP contribution in [0.15, 0.2) is 24.3 Å². The van der Waals surface area contributed by atoms with E-state index in [9.17, 15) is 9.90 Å². The average Bonchev–Trinajstić information content (AvgIpc) is 2.84. The summed E-state index contributed by atoms with van der Waals surface area (Å²) in [7, 11) is 0. The number of halogens is 1. The van der Waals surface area contributed by atoms with Crippen LogP contribution in [0.4, 0.5) is 4.79 Å². The van der Waals surface area contributed by atoms with E-state index in [0.29, 0.717) is 37.4 Å². The van der Waals surface area contributed by atoms with Crippen LogP contribution in [0.3, 0.4) is 0 Å². The highest BCUT2D eigenvalue weighted by molar-refractivity contribution is 6.30. The van der Waals surface area contributed by atoms with Crippen molar-refractivity contribution in [2.45, 2.75) is 56.8 Å². The highest BCUT2D eigenvalue weighted by Gasteiger charge is 2.51. The highest BCUT2D eigenvalue weighted by Crippen LogP contribution is 2.45. The number of piperidine rings is 1. The minimum atomic E-state index is -1.03. The van der Waals surface area contributed by atoms with Crippen molar-refractivity contribution in [2.75, 3.05) is 19.7 Å². The van der Waals surface area contributed by atoms with Gasteiger partial charge in [0.2, 0.25) is 0 Å². The van der Waals surface area contributed by atoms with Crippen molar-refractivity contribution in [2.24, 2.45) is 0 Å². The Labute approximate surface area is 153 Å². The second kappa shape index (κ2) is 6.45. The van der Waals surface area contributed by atoms with Crippen LogP contribution in [0.2, 0.25) is 5.02 Å². The van der Waals surface area contributed by atoms with E-state index in [-0.39, 0.29) is 12.7 Å². The predicted octanol–water partition coefficient (Wildman–Crippen LogP) is 3.72. The zero-order valence-corrected chi connectivity index (χ0v) is 15.8. The molecule has 2 aliphatic heterocycles. The van der Waals surface area contributed by atoms with Crippen LogP contribution < -0.4 is 0 Å². The topological polar surface area (TPSA) is 59.0 Å². The number of hydrogen-bond donors (Lipinski definition) is 1. The van der Waals surface area contributed by atoms with E-state index in [1.807, 2.05) is 32.9 Å². The first kappa shape index (κ1) is 18.5. The first-order valence-electron chi connectivity index (χ1n) is 8.71. The number of carbonyl (C=O) groups excluding carboxylic acids is 1. The third kappa shape index (κ3) is 4.10. The molecule has 1 unspecified atom stereocenters. The number of rotatable bonds is 1. The Kier molecular flexibility index (Phi) is 4.77. The molecule has 1 atom stereocenters. The van der Waals surface area contributed by atoms with Gasteiger partial charge < -0.3 is 19.5 Å². The van der Waals surface area contributed by atoms with Crippen LogP contribution in [0, 0.1) is 0 Å². The molecule has 3 rings (SSSR count). The minimum Gasteiger partial charge on any atom is -0.444 e. The van der Waals surface area contributed by atoms with Gasteiger partial charge in [0.25, 0.3) is 0 Å². The van der Waals surface area contributed by atoms with Gasteiger partial charge in [-0.1, -0.05) is 23.7 Å². The molecule has 138 valence electrons. The molecule has 2 aliphatic rings. The van der Waals surface area contributed by atoms with Gasteiger partial charge in [0.05, 0.1) is 12.2 Å². The van der Waals surface area contributed by atoms with Crippen molar-refractivity contribution < 1.29 is 19.4 Å². The van der Waals surface area contributed by atoms with Gasteiger partial charge in [0.1, 0.15) is 11.2 Å². The fourth-order valence-corrected chi connectivity index (χ4v) is 3.81. The number of ether oxygens (including phenoxy) is 2. The van der Waals surface area contributed by atoms with Crippen molar-refractivity contribution in [1.29, 1.82) is 0 Å². The number of benzene rings is 1. The van der Waals surface area contributed by atoms with Crippen molar-refractivity contribution in [1.82, 2.24) is 4.90 Å². The maximum Gasteiger partial charge on any atom is 0.410 e. The summed E-state index contributed by atoms with van der Waals surface area (Å²) in [6, 6.07) is 7.30. The molecule has 1 aromatic carbocycles. The molecule has 0 radical (unpaired) electrons. The average molecular weight is 368 g/mol. The Balaban J connectivity index is 1.64. The van der Waals surface area contributed by atoms with Crippen LogP contribution in [0.25, 0.3) is 0 Å². The molecule has 25 heavy (non-hydrogen) atoms. The first-order valence-corrected chi connectivity index (χ1v) is 9.09. The summed E-state index contributed by atoms with van der Waals surface area (Å²) >= 11 is 6.06. The van der Waals surface area contributed by atoms with Gasteiger partial charge in [-0.25, -0.2) is 4.79 Å². The summed E-state index contributed by atoms with van der Waals surface area (Å²) in [5.41, 5.74) is -1.14. The lowest BCUT2D eigenvalue weighted by Gasteiger charge is -2.39. The Bertz CT molecular complexity index is 649. The molecule has 5 nitrogen and oxygen atoms in total. The standard InChI is InChI=1S/C19H26ClNO4/c1-17(2,3)25-16(22)21-9-7-18(8-10-21)12-19(23,13-24-18)14-5-4-6-15(20)11-14/h4-6,11,23H,7-10,12-13H2,1-3H3. The van der Waals surface area contributed by atoms with Gasteiger partial charge in [-0.3, -0.25) is 0 Å². The van der Waals surface area contributed by atoms with Crippen LogP contribution in [-0.2, 0) is 15.1 Å². The molecule has 1 spiro atoms. The Morgan fingerprint density at radius 1 is 1.32 bits per heavy atom. The molecule has 1 N–H and O–H groups in total.